The number of anilines is 1. The van der Waals surface area contributed by atoms with E-state index in [9.17, 15) is 0 Å². The van der Waals surface area contributed by atoms with E-state index in [1.165, 1.54) is 11.1 Å². The number of para-hydroxylation sites is 1. The highest BCUT2D eigenvalue weighted by Crippen LogP contribution is 2.23. The molecule has 0 bridgehead atoms. The van der Waals surface area contributed by atoms with Gasteiger partial charge in [0.2, 0.25) is 0 Å². The lowest BCUT2D eigenvalue weighted by atomic mass is 10.1. The Hall–Kier alpha value is -2.47. The monoisotopic (exact) mass is 266 g/mol. The van der Waals surface area contributed by atoms with Gasteiger partial charge in [0.1, 0.15) is 11.8 Å². The minimum Gasteiger partial charge on any atom is -0.495 e. The fraction of sp³-hybridized carbons (Fsp3) is 0.235. The predicted molar refractivity (Wildman–Crippen MR) is 81.0 cm³/mol. The van der Waals surface area contributed by atoms with Gasteiger partial charge in [-0.05, 0) is 42.7 Å². The number of nitrogens with one attached hydrogen (secondary N) is 1. The third-order valence-electron chi connectivity index (χ3n) is 3.34. The summed E-state index contributed by atoms with van der Waals surface area (Å²) in [4.78, 5) is 0. The second kappa shape index (κ2) is 6.12. The lowest BCUT2D eigenvalue weighted by molar-refractivity contribution is 0.413. The molecule has 2 aromatic rings. The van der Waals surface area contributed by atoms with E-state index in [1.54, 1.807) is 13.2 Å². The molecule has 0 aliphatic rings. The standard InChI is InChI=1S/C17H18N2O/c1-12-5-4-6-13(2)17(12)19-11-14-7-8-15(10-18)16(9-14)20-3/h4-9,19H,11H2,1-3H3. The maximum absolute atomic E-state index is 8.98. The summed E-state index contributed by atoms with van der Waals surface area (Å²) in [5.41, 5.74) is 5.26. The lowest BCUT2D eigenvalue weighted by Crippen LogP contribution is -2.03. The van der Waals surface area contributed by atoms with Gasteiger partial charge in [-0.2, -0.15) is 5.26 Å². The Morgan fingerprint density at radius 2 is 1.85 bits per heavy atom. The fourth-order valence-electron chi connectivity index (χ4n) is 2.22. The molecule has 0 unspecified atom stereocenters. The number of aryl methyl sites for hydroxylation is 2. The summed E-state index contributed by atoms with van der Waals surface area (Å²) in [6.45, 7) is 4.89. The average Bonchev–Trinajstić information content (AvgIpc) is 2.46. The molecular weight excluding hydrogens is 248 g/mol. The minimum absolute atomic E-state index is 0.559. The number of ether oxygens (including phenoxy) is 1. The molecular formula is C17H18N2O. The molecule has 0 fully saturated rings. The smallest absolute Gasteiger partial charge is 0.136 e. The van der Waals surface area contributed by atoms with Crippen LogP contribution in [0.15, 0.2) is 36.4 Å². The van der Waals surface area contributed by atoms with Gasteiger partial charge < -0.3 is 10.1 Å². The van der Waals surface area contributed by atoms with E-state index in [1.807, 2.05) is 12.1 Å². The van der Waals surface area contributed by atoms with Crippen molar-refractivity contribution >= 4 is 5.69 Å². The molecule has 3 heteroatoms. The van der Waals surface area contributed by atoms with Crippen LogP contribution in [-0.2, 0) is 6.54 Å². The SMILES string of the molecule is COc1cc(CNc2c(C)cccc2C)ccc1C#N. The van der Waals surface area contributed by atoms with Crippen molar-refractivity contribution in [3.63, 3.8) is 0 Å². The molecule has 0 heterocycles. The van der Waals surface area contributed by atoms with Crippen molar-refractivity contribution in [3.8, 4) is 11.8 Å². The summed E-state index contributed by atoms with van der Waals surface area (Å²) in [7, 11) is 1.58. The molecule has 2 rings (SSSR count). The Kier molecular flexibility index (Phi) is 4.27. The van der Waals surface area contributed by atoms with E-state index in [4.69, 9.17) is 10.00 Å². The van der Waals surface area contributed by atoms with Crippen LogP contribution in [-0.4, -0.2) is 7.11 Å². The Balaban J connectivity index is 2.18. The van der Waals surface area contributed by atoms with E-state index in [0.717, 1.165) is 11.3 Å². The molecule has 0 aromatic heterocycles. The van der Waals surface area contributed by atoms with Crippen molar-refractivity contribution < 1.29 is 4.74 Å². The maximum Gasteiger partial charge on any atom is 0.136 e. The van der Waals surface area contributed by atoms with Crippen molar-refractivity contribution in [2.24, 2.45) is 0 Å². The molecule has 0 spiro atoms. The fourth-order valence-corrected chi connectivity index (χ4v) is 2.22. The van der Waals surface area contributed by atoms with Crippen molar-refractivity contribution in [2.45, 2.75) is 20.4 Å². The van der Waals surface area contributed by atoms with Crippen LogP contribution in [0.1, 0.15) is 22.3 Å². The van der Waals surface area contributed by atoms with Gasteiger partial charge in [-0.15, -0.1) is 0 Å². The van der Waals surface area contributed by atoms with Gasteiger partial charge >= 0.3 is 0 Å². The van der Waals surface area contributed by atoms with Crippen LogP contribution >= 0.6 is 0 Å². The number of nitriles is 1. The van der Waals surface area contributed by atoms with Gasteiger partial charge in [-0.3, -0.25) is 0 Å². The first-order valence-corrected chi connectivity index (χ1v) is 6.53. The lowest BCUT2D eigenvalue weighted by Gasteiger charge is -2.13. The molecule has 0 saturated carbocycles. The molecule has 3 nitrogen and oxygen atoms in total. The van der Waals surface area contributed by atoms with Crippen LogP contribution in [0.2, 0.25) is 0 Å². The highest BCUT2D eigenvalue weighted by molar-refractivity contribution is 5.57. The summed E-state index contributed by atoms with van der Waals surface area (Å²) in [6, 6.07) is 14.0. The number of benzene rings is 2. The van der Waals surface area contributed by atoms with Gasteiger partial charge in [0, 0.05) is 12.2 Å². The van der Waals surface area contributed by atoms with Crippen LogP contribution in [0.5, 0.6) is 5.75 Å². The quantitative estimate of drug-likeness (QED) is 0.915. The van der Waals surface area contributed by atoms with Crippen LogP contribution < -0.4 is 10.1 Å². The van der Waals surface area contributed by atoms with E-state index in [2.05, 4.69) is 43.4 Å². The van der Waals surface area contributed by atoms with E-state index in [-0.39, 0.29) is 0 Å². The maximum atomic E-state index is 8.98. The Morgan fingerprint density at radius 3 is 2.45 bits per heavy atom. The second-order valence-electron chi connectivity index (χ2n) is 4.77. The van der Waals surface area contributed by atoms with Crippen LogP contribution in [0.25, 0.3) is 0 Å². The Labute approximate surface area is 119 Å². The molecule has 0 radical (unpaired) electrons. The Morgan fingerprint density at radius 1 is 1.15 bits per heavy atom. The highest BCUT2D eigenvalue weighted by atomic mass is 16.5. The highest BCUT2D eigenvalue weighted by Gasteiger charge is 2.05. The normalized spacial score (nSPS) is 9.90. The van der Waals surface area contributed by atoms with Gasteiger partial charge in [0.05, 0.1) is 12.7 Å². The summed E-state index contributed by atoms with van der Waals surface area (Å²) >= 11 is 0. The third kappa shape index (κ3) is 2.92. The molecule has 2 aromatic carbocycles. The van der Waals surface area contributed by atoms with Crippen LogP contribution in [0.4, 0.5) is 5.69 Å². The number of rotatable bonds is 4. The van der Waals surface area contributed by atoms with E-state index < -0.39 is 0 Å². The summed E-state index contributed by atoms with van der Waals surface area (Å²) < 4.78 is 5.23. The topological polar surface area (TPSA) is 45.0 Å². The number of methoxy groups -OCH3 is 1. The summed E-state index contributed by atoms with van der Waals surface area (Å²) in [5.74, 6) is 0.619. The summed E-state index contributed by atoms with van der Waals surface area (Å²) in [5, 5.41) is 12.4. The molecule has 102 valence electrons. The van der Waals surface area contributed by atoms with Gasteiger partial charge in [-0.1, -0.05) is 24.3 Å². The first kappa shape index (κ1) is 14.0. The number of hydrogen-bond donors (Lipinski definition) is 1. The third-order valence-corrected chi connectivity index (χ3v) is 3.34. The molecule has 0 aliphatic carbocycles. The molecule has 20 heavy (non-hydrogen) atoms. The zero-order chi connectivity index (χ0) is 14.5. The van der Waals surface area contributed by atoms with E-state index >= 15 is 0 Å². The average molecular weight is 266 g/mol. The predicted octanol–water partition coefficient (Wildman–Crippen LogP) is 3.80. The van der Waals surface area contributed by atoms with Gasteiger partial charge in [0.15, 0.2) is 0 Å². The van der Waals surface area contributed by atoms with Gasteiger partial charge in [-0.25, -0.2) is 0 Å². The van der Waals surface area contributed by atoms with Crippen LogP contribution in [0, 0.1) is 25.2 Å². The van der Waals surface area contributed by atoms with Crippen molar-refractivity contribution in [2.75, 3.05) is 12.4 Å². The molecule has 0 atom stereocenters. The first-order chi connectivity index (χ1) is 9.65. The first-order valence-electron chi connectivity index (χ1n) is 6.53. The summed E-state index contributed by atoms with van der Waals surface area (Å²) in [6.07, 6.45) is 0. The van der Waals surface area contributed by atoms with Crippen molar-refractivity contribution in [1.29, 1.82) is 5.26 Å². The number of hydrogen-bond acceptors (Lipinski definition) is 3. The zero-order valence-corrected chi connectivity index (χ0v) is 12.0. The largest absolute Gasteiger partial charge is 0.495 e. The van der Waals surface area contributed by atoms with E-state index in [0.29, 0.717) is 17.9 Å². The van der Waals surface area contributed by atoms with Crippen LogP contribution in [0.3, 0.4) is 0 Å². The number of nitrogens with zero attached hydrogens (tertiary/aromatic N) is 1. The van der Waals surface area contributed by atoms with Gasteiger partial charge in [0.25, 0.3) is 0 Å². The molecule has 0 amide bonds. The zero-order valence-electron chi connectivity index (χ0n) is 12.0. The molecule has 0 saturated heterocycles. The van der Waals surface area contributed by atoms with Crippen molar-refractivity contribution in [1.82, 2.24) is 0 Å². The molecule has 0 aliphatic heterocycles. The van der Waals surface area contributed by atoms with Crippen molar-refractivity contribution in [3.05, 3.63) is 58.7 Å². The molecule has 1 N–H and O–H groups in total. The Bertz CT molecular complexity index is 636. The second-order valence-corrected chi connectivity index (χ2v) is 4.77. The minimum atomic E-state index is 0.559.